The molecule has 0 radical (unpaired) electrons. The Hall–Kier alpha value is -0.130. The Morgan fingerprint density at radius 2 is 2.08 bits per heavy atom. The van der Waals surface area contributed by atoms with Gasteiger partial charge in [0, 0.05) is 32.8 Å². The van der Waals surface area contributed by atoms with Gasteiger partial charge in [0.2, 0.25) is 10.0 Å². The minimum atomic E-state index is -3.32. The maximum Gasteiger partial charge on any atom is 0.213 e. The van der Waals surface area contributed by atoms with Crippen molar-refractivity contribution in [3.05, 3.63) is 0 Å². The number of ether oxygens (including phenoxy) is 1. The van der Waals surface area contributed by atoms with Crippen molar-refractivity contribution < 1.29 is 13.2 Å². The standard InChI is InChI=1S/C17H34N4O3S.HI/c1-3-18-17(21-10-6-7-15(2)14-21)19-9-12-25(22,23)20-13-16-8-4-5-11-24-16;/h15-16,20H,3-14H2,1-2H3,(H,18,19);1H. The van der Waals surface area contributed by atoms with Crippen LogP contribution in [-0.4, -0.2) is 70.5 Å². The second kappa shape index (κ2) is 12.4. The number of nitrogens with one attached hydrogen (secondary N) is 2. The molecular weight excluding hydrogens is 467 g/mol. The van der Waals surface area contributed by atoms with Gasteiger partial charge in [0.05, 0.1) is 18.4 Å². The van der Waals surface area contributed by atoms with Gasteiger partial charge < -0.3 is 15.0 Å². The molecule has 0 aliphatic carbocycles. The van der Waals surface area contributed by atoms with Gasteiger partial charge in [-0.25, -0.2) is 13.1 Å². The summed E-state index contributed by atoms with van der Waals surface area (Å²) >= 11 is 0. The minimum Gasteiger partial charge on any atom is -0.377 e. The van der Waals surface area contributed by atoms with Crippen LogP contribution in [-0.2, 0) is 14.8 Å². The Labute approximate surface area is 175 Å². The average Bonchev–Trinajstić information content (AvgIpc) is 2.60. The summed E-state index contributed by atoms with van der Waals surface area (Å²) in [6, 6.07) is 0. The molecule has 2 aliphatic heterocycles. The lowest BCUT2D eigenvalue weighted by Gasteiger charge is -2.33. The van der Waals surface area contributed by atoms with Gasteiger partial charge >= 0.3 is 0 Å². The van der Waals surface area contributed by atoms with Crippen LogP contribution in [0.2, 0.25) is 0 Å². The van der Waals surface area contributed by atoms with Gasteiger partial charge in [-0.2, -0.15) is 0 Å². The van der Waals surface area contributed by atoms with E-state index in [0.717, 1.165) is 57.9 Å². The first-order chi connectivity index (χ1) is 12.0. The fraction of sp³-hybridized carbons (Fsp3) is 0.941. The van der Waals surface area contributed by atoms with Gasteiger partial charge in [0.15, 0.2) is 5.96 Å². The largest absolute Gasteiger partial charge is 0.377 e. The van der Waals surface area contributed by atoms with Crippen molar-refractivity contribution in [1.82, 2.24) is 14.9 Å². The fourth-order valence-corrected chi connectivity index (χ4v) is 4.26. The second-order valence-electron chi connectivity index (χ2n) is 7.08. The molecule has 0 aromatic carbocycles. The number of likely N-dealkylation sites (tertiary alicyclic amines) is 1. The summed E-state index contributed by atoms with van der Waals surface area (Å²) < 4.78 is 32.6. The van der Waals surface area contributed by atoms with Crippen LogP contribution in [0.3, 0.4) is 0 Å². The van der Waals surface area contributed by atoms with Crippen LogP contribution in [0.1, 0.15) is 46.0 Å². The first-order valence-corrected chi connectivity index (χ1v) is 11.3. The molecule has 2 heterocycles. The van der Waals surface area contributed by atoms with Crippen molar-refractivity contribution in [1.29, 1.82) is 0 Å². The fourth-order valence-electron chi connectivity index (χ4n) is 3.34. The van der Waals surface area contributed by atoms with Crippen molar-refractivity contribution in [2.45, 2.75) is 52.1 Å². The monoisotopic (exact) mass is 502 g/mol. The Morgan fingerprint density at radius 3 is 2.73 bits per heavy atom. The lowest BCUT2D eigenvalue weighted by molar-refractivity contribution is 0.0200. The lowest BCUT2D eigenvalue weighted by Crippen LogP contribution is -2.46. The van der Waals surface area contributed by atoms with Crippen molar-refractivity contribution in [3.63, 3.8) is 0 Å². The summed E-state index contributed by atoms with van der Waals surface area (Å²) in [5.74, 6) is 1.50. The molecule has 2 aliphatic rings. The van der Waals surface area contributed by atoms with E-state index in [-0.39, 0.29) is 42.4 Å². The number of hydrogen-bond acceptors (Lipinski definition) is 4. The summed E-state index contributed by atoms with van der Waals surface area (Å²) in [5, 5.41) is 3.28. The summed E-state index contributed by atoms with van der Waals surface area (Å²) in [5.41, 5.74) is 0. The molecular formula is C17H35IN4O3S. The summed E-state index contributed by atoms with van der Waals surface area (Å²) in [6.07, 6.45) is 5.53. The molecule has 2 N–H and O–H groups in total. The molecule has 9 heteroatoms. The van der Waals surface area contributed by atoms with E-state index in [0.29, 0.717) is 12.5 Å². The zero-order valence-corrected chi connectivity index (χ0v) is 19.2. The smallest absolute Gasteiger partial charge is 0.213 e. The minimum absolute atomic E-state index is 0. The molecule has 2 saturated heterocycles. The Bertz CT molecular complexity index is 524. The molecule has 2 unspecified atom stereocenters. The van der Waals surface area contributed by atoms with Gasteiger partial charge in [-0.15, -0.1) is 24.0 Å². The number of nitrogens with zero attached hydrogens (tertiary/aromatic N) is 2. The predicted molar refractivity (Wildman–Crippen MR) is 117 cm³/mol. The van der Waals surface area contributed by atoms with Crippen LogP contribution in [0, 0.1) is 5.92 Å². The molecule has 154 valence electrons. The summed E-state index contributed by atoms with van der Waals surface area (Å²) in [6.45, 7) is 8.41. The highest BCUT2D eigenvalue weighted by molar-refractivity contribution is 14.0. The maximum absolute atomic E-state index is 12.2. The van der Waals surface area contributed by atoms with Crippen molar-refractivity contribution in [2.24, 2.45) is 10.9 Å². The molecule has 26 heavy (non-hydrogen) atoms. The van der Waals surface area contributed by atoms with Crippen LogP contribution in [0.5, 0.6) is 0 Å². The van der Waals surface area contributed by atoms with Crippen LogP contribution in [0.4, 0.5) is 0 Å². The van der Waals surface area contributed by atoms with Crippen molar-refractivity contribution in [2.75, 3.05) is 45.1 Å². The van der Waals surface area contributed by atoms with E-state index in [1.807, 2.05) is 6.92 Å². The molecule has 2 rings (SSSR count). The maximum atomic E-state index is 12.2. The average molecular weight is 502 g/mol. The van der Waals surface area contributed by atoms with E-state index in [2.05, 4.69) is 26.9 Å². The van der Waals surface area contributed by atoms with Crippen LogP contribution in [0.25, 0.3) is 0 Å². The quantitative estimate of drug-likeness (QED) is 0.315. The second-order valence-corrected chi connectivity index (χ2v) is 9.01. The Kier molecular flexibility index (Phi) is 11.4. The summed E-state index contributed by atoms with van der Waals surface area (Å²) in [7, 11) is -3.32. The Balaban J connectivity index is 0.00000338. The van der Waals surface area contributed by atoms with E-state index in [1.165, 1.54) is 6.42 Å². The number of piperidine rings is 1. The highest BCUT2D eigenvalue weighted by atomic mass is 127. The number of guanidine groups is 1. The zero-order valence-electron chi connectivity index (χ0n) is 16.1. The highest BCUT2D eigenvalue weighted by Crippen LogP contribution is 2.15. The molecule has 0 aromatic rings. The third-order valence-corrected chi connectivity index (χ3v) is 6.04. The molecule has 0 saturated carbocycles. The van der Waals surface area contributed by atoms with Gasteiger partial charge in [-0.1, -0.05) is 6.92 Å². The molecule has 7 nitrogen and oxygen atoms in total. The zero-order chi connectivity index (χ0) is 18.1. The first-order valence-electron chi connectivity index (χ1n) is 9.62. The van der Waals surface area contributed by atoms with Gasteiger partial charge in [-0.3, -0.25) is 4.99 Å². The van der Waals surface area contributed by atoms with Crippen LogP contribution >= 0.6 is 24.0 Å². The molecule has 2 fully saturated rings. The molecule has 0 amide bonds. The first kappa shape index (κ1) is 23.9. The third kappa shape index (κ3) is 8.71. The molecule has 2 atom stereocenters. The predicted octanol–water partition coefficient (Wildman–Crippen LogP) is 1.79. The topological polar surface area (TPSA) is 83.0 Å². The van der Waals surface area contributed by atoms with E-state index in [4.69, 9.17) is 4.74 Å². The summed E-state index contributed by atoms with van der Waals surface area (Å²) in [4.78, 5) is 6.78. The van der Waals surface area contributed by atoms with Crippen molar-refractivity contribution in [3.8, 4) is 0 Å². The highest BCUT2D eigenvalue weighted by Gasteiger charge is 2.20. The molecule has 0 aromatic heterocycles. The number of sulfonamides is 1. The van der Waals surface area contributed by atoms with Crippen LogP contribution < -0.4 is 10.0 Å². The van der Waals surface area contributed by atoms with Gasteiger partial charge in [0.1, 0.15) is 0 Å². The normalized spacial score (nSPS) is 24.8. The van der Waals surface area contributed by atoms with E-state index in [9.17, 15) is 8.42 Å². The lowest BCUT2D eigenvalue weighted by atomic mass is 10.0. The molecule has 0 bridgehead atoms. The number of rotatable bonds is 7. The van der Waals surface area contributed by atoms with Gasteiger partial charge in [0.25, 0.3) is 0 Å². The SMILES string of the molecule is CCNC(=NCCS(=O)(=O)NCC1CCCCO1)N1CCCC(C)C1.I. The van der Waals surface area contributed by atoms with Gasteiger partial charge in [-0.05, 0) is 44.9 Å². The number of aliphatic imine (C=N–C) groups is 1. The molecule has 0 spiro atoms. The van der Waals surface area contributed by atoms with E-state index < -0.39 is 10.0 Å². The third-order valence-electron chi connectivity index (χ3n) is 4.72. The number of hydrogen-bond donors (Lipinski definition) is 2. The van der Waals surface area contributed by atoms with E-state index >= 15 is 0 Å². The number of halogens is 1. The van der Waals surface area contributed by atoms with Crippen molar-refractivity contribution >= 4 is 40.0 Å². The van der Waals surface area contributed by atoms with Crippen LogP contribution in [0.15, 0.2) is 4.99 Å². The van der Waals surface area contributed by atoms with E-state index in [1.54, 1.807) is 0 Å². The Morgan fingerprint density at radius 1 is 1.27 bits per heavy atom.